The molecule has 0 fully saturated rings. The van der Waals surface area contributed by atoms with Gasteiger partial charge in [-0.1, -0.05) is 81.4 Å². The van der Waals surface area contributed by atoms with E-state index in [9.17, 15) is 13.0 Å². The Hall–Kier alpha value is -2.26. The Morgan fingerprint density at radius 3 is 1.89 bits per heavy atom. The van der Waals surface area contributed by atoms with Gasteiger partial charge in [0.25, 0.3) is 8.32 Å². The van der Waals surface area contributed by atoms with E-state index in [4.69, 9.17) is 4.43 Å². The molecule has 1 N–H and O–H groups in total. The molecule has 0 saturated carbocycles. The van der Waals surface area contributed by atoms with Crippen LogP contribution in [0.1, 0.15) is 26.5 Å². The van der Waals surface area contributed by atoms with Gasteiger partial charge in [-0.05, 0) is 15.4 Å². The molecule has 0 unspecified atom stereocenters. The van der Waals surface area contributed by atoms with Crippen molar-refractivity contribution in [3.8, 4) is 0 Å². The highest BCUT2D eigenvalue weighted by Gasteiger charge is 2.50. The third-order valence-corrected chi connectivity index (χ3v) is 10.4. The fraction of sp³-hybridized carbons (Fsp3) is 0.250. The Morgan fingerprint density at radius 2 is 1.50 bits per heavy atom. The number of nitrogens with zero attached hydrogens (tertiary/aromatic N) is 2. The van der Waals surface area contributed by atoms with Crippen LogP contribution in [0.25, 0.3) is 0 Å². The SMILES string of the molecule is CC(C)(C)[Si](OCc1cn(S(=O)(=O)O)cn1)(c1ccccc1)c1ccccc1. The molecule has 3 aromatic rings. The first-order chi connectivity index (χ1) is 13.1. The van der Waals surface area contributed by atoms with E-state index >= 15 is 0 Å². The van der Waals surface area contributed by atoms with Gasteiger partial charge in [0.15, 0.2) is 0 Å². The molecular weight excluding hydrogens is 392 g/mol. The number of rotatable bonds is 6. The van der Waals surface area contributed by atoms with Crippen molar-refractivity contribution in [3.63, 3.8) is 0 Å². The summed E-state index contributed by atoms with van der Waals surface area (Å²) in [5, 5.41) is 2.06. The Bertz CT molecular complexity index is 989. The minimum absolute atomic E-state index is 0.135. The summed E-state index contributed by atoms with van der Waals surface area (Å²) in [4.78, 5) is 4.08. The van der Waals surface area contributed by atoms with Crippen LogP contribution in [-0.4, -0.2) is 30.2 Å². The first-order valence-electron chi connectivity index (χ1n) is 8.90. The van der Waals surface area contributed by atoms with Crippen molar-refractivity contribution in [2.24, 2.45) is 0 Å². The van der Waals surface area contributed by atoms with Crippen LogP contribution in [-0.2, 0) is 21.3 Å². The van der Waals surface area contributed by atoms with Gasteiger partial charge in [0.05, 0.1) is 12.3 Å². The molecule has 148 valence electrons. The summed E-state index contributed by atoms with van der Waals surface area (Å²) in [6.45, 7) is 6.62. The first-order valence-corrected chi connectivity index (χ1v) is 12.2. The largest absolute Gasteiger partial charge is 0.401 e. The van der Waals surface area contributed by atoms with Crippen molar-refractivity contribution in [1.82, 2.24) is 8.96 Å². The van der Waals surface area contributed by atoms with Crippen molar-refractivity contribution in [3.05, 3.63) is 78.9 Å². The van der Waals surface area contributed by atoms with Crippen molar-refractivity contribution >= 4 is 29.0 Å². The molecule has 0 aliphatic rings. The smallest absolute Gasteiger partial charge is 0.364 e. The molecular formula is C20H24N2O4SSi. The van der Waals surface area contributed by atoms with Gasteiger partial charge in [-0.3, -0.25) is 4.55 Å². The Balaban J connectivity index is 2.07. The third-order valence-electron chi connectivity index (χ3n) is 4.73. The van der Waals surface area contributed by atoms with Crippen LogP contribution < -0.4 is 10.4 Å². The van der Waals surface area contributed by atoms with E-state index in [1.807, 2.05) is 36.4 Å². The lowest BCUT2D eigenvalue weighted by atomic mass is 10.2. The maximum atomic E-state index is 11.3. The maximum Gasteiger partial charge on any atom is 0.364 e. The molecule has 1 aromatic heterocycles. The van der Waals surface area contributed by atoms with Crippen molar-refractivity contribution in [2.75, 3.05) is 0 Å². The summed E-state index contributed by atoms with van der Waals surface area (Å²) in [6, 6.07) is 20.3. The summed E-state index contributed by atoms with van der Waals surface area (Å²) in [5.74, 6) is 0. The number of hydrogen-bond donors (Lipinski definition) is 1. The number of aromatic nitrogens is 2. The minimum atomic E-state index is -4.36. The Labute approximate surface area is 166 Å². The van der Waals surface area contributed by atoms with Crippen LogP contribution in [0.3, 0.4) is 0 Å². The Morgan fingerprint density at radius 1 is 1.00 bits per heavy atom. The van der Waals surface area contributed by atoms with E-state index in [2.05, 4.69) is 50.0 Å². The molecule has 0 aliphatic heterocycles. The normalized spacial score (nSPS) is 12.9. The molecule has 0 saturated heterocycles. The van der Waals surface area contributed by atoms with E-state index < -0.39 is 18.6 Å². The predicted octanol–water partition coefficient (Wildman–Crippen LogP) is 2.61. The highest BCUT2D eigenvalue weighted by molar-refractivity contribution is 7.84. The lowest BCUT2D eigenvalue weighted by Crippen LogP contribution is -2.66. The van der Waals surface area contributed by atoms with Gasteiger partial charge in [-0.25, -0.2) is 8.96 Å². The number of benzene rings is 2. The summed E-state index contributed by atoms with van der Waals surface area (Å²) in [5.41, 5.74) is 0.436. The van der Waals surface area contributed by atoms with Crippen LogP contribution in [0, 0.1) is 0 Å². The molecule has 8 heteroatoms. The molecule has 28 heavy (non-hydrogen) atoms. The van der Waals surface area contributed by atoms with Crippen LogP contribution in [0.4, 0.5) is 0 Å². The fourth-order valence-electron chi connectivity index (χ4n) is 3.49. The van der Waals surface area contributed by atoms with Crippen LogP contribution in [0.5, 0.6) is 0 Å². The van der Waals surface area contributed by atoms with Crippen molar-refractivity contribution in [1.29, 1.82) is 0 Å². The summed E-state index contributed by atoms with van der Waals surface area (Å²) in [6.07, 6.45) is 2.34. The minimum Gasteiger partial charge on any atom is -0.401 e. The molecule has 0 spiro atoms. The van der Waals surface area contributed by atoms with E-state index in [1.54, 1.807) is 0 Å². The van der Waals surface area contributed by atoms with Crippen LogP contribution >= 0.6 is 0 Å². The Kier molecular flexibility index (Phi) is 5.58. The van der Waals surface area contributed by atoms with Gasteiger partial charge in [0, 0.05) is 6.20 Å². The quantitative estimate of drug-likeness (QED) is 0.493. The molecule has 0 aliphatic carbocycles. The van der Waals surface area contributed by atoms with E-state index in [0.717, 1.165) is 16.7 Å². The van der Waals surface area contributed by atoms with Gasteiger partial charge in [-0.2, -0.15) is 8.42 Å². The molecule has 0 radical (unpaired) electrons. The second-order valence-corrected chi connectivity index (χ2v) is 13.2. The van der Waals surface area contributed by atoms with E-state index in [1.165, 1.54) is 6.20 Å². The summed E-state index contributed by atoms with van der Waals surface area (Å²) < 4.78 is 39.1. The molecule has 0 atom stereocenters. The van der Waals surface area contributed by atoms with Gasteiger partial charge >= 0.3 is 10.3 Å². The van der Waals surface area contributed by atoms with Gasteiger partial charge in [0.2, 0.25) is 0 Å². The standard InChI is InChI=1S/C20H24N2O4SSi/c1-20(2,3)28(18-10-6-4-7-11-18,19-12-8-5-9-13-19)26-15-17-14-22(16-21-17)27(23,24)25/h4-14,16H,15H2,1-3H3,(H,23,24,25). The average molecular weight is 417 g/mol. The second kappa shape index (κ2) is 7.63. The maximum absolute atomic E-state index is 11.3. The third kappa shape index (κ3) is 3.95. The number of imidazole rings is 1. The lowest BCUT2D eigenvalue weighted by molar-refractivity contribution is 0.282. The summed E-state index contributed by atoms with van der Waals surface area (Å²) in [7, 11) is -7.09. The zero-order valence-corrected chi connectivity index (χ0v) is 17.9. The highest BCUT2D eigenvalue weighted by atomic mass is 32.2. The van der Waals surface area contributed by atoms with Crippen LogP contribution in [0.15, 0.2) is 73.2 Å². The molecule has 2 aromatic carbocycles. The summed E-state index contributed by atoms with van der Waals surface area (Å²) >= 11 is 0. The first kappa shape index (κ1) is 20.5. The topological polar surface area (TPSA) is 81.4 Å². The van der Waals surface area contributed by atoms with Crippen LogP contribution in [0.2, 0.25) is 5.04 Å². The van der Waals surface area contributed by atoms with Gasteiger partial charge < -0.3 is 4.43 Å². The zero-order chi connectivity index (χ0) is 20.4. The monoisotopic (exact) mass is 416 g/mol. The lowest BCUT2D eigenvalue weighted by Gasteiger charge is -2.42. The molecule has 1 heterocycles. The van der Waals surface area contributed by atoms with Gasteiger partial charge in [-0.15, -0.1) is 0 Å². The zero-order valence-electron chi connectivity index (χ0n) is 16.1. The van der Waals surface area contributed by atoms with Crippen molar-refractivity contribution < 1.29 is 17.4 Å². The van der Waals surface area contributed by atoms with E-state index in [0.29, 0.717) is 9.67 Å². The highest BCUT2D eigenvalue weighted by Crippen LogP contribution is 2.37. The molecule has 0 bridgehead atoms. The molecule has 6 nitrogen and oxygen atoms in total. The molecule has 3 rings (SSSR count). The number of hydrogen-bond acceptors (Lipinski definition) is 4. The van der Waals surface area contributed by atoms with Gasteiger partial charge in [0.1, 0.15) is 6.33 Å². The van der Waals surface area contributed by atoms with Crippen molar-refractivity contribution in [2.45, 2.75) is 32.4 Å². The second-order valence-electron chi connectivity index (χ2n) is 7.62. The predicted molar refractivity (Wildman–Crippen MR) is 112 cm³/mol. The van der Waals surface area contributed by atoms with E-state index in [-0.39, 0.29) is 11.6 Å². The molecule has 0 amide bonds. The average Bonchev–Trinajstić information content (AvgIpc) is 3.12. The fourth-order valence-corrected chi connectivity index (χ4v) is 8.43.